The van der Waals surface area contributed by atoms with Crippen LogP contribution >= 0.6 is 0 Å². The summed E-state index contributed by atoms with van der Waals surface area (Å²) < 4.78 is 24.0. The maximum atomic E-state index is 11.4. The highest BCUT2D eigenvalue weighted by atomic mass is 32.2. The Balaban J connectivity index is 3.99. The predicted octanol–water partition coefficient (Wildman–Crippen LogP) is 0.206. The Labute approximate surface area is 79.9 Å². The van der Waals surface area contributed by atoms with Crippen molar-refractivity contribution < 1.29 is 13.5 Å². The third-order valence-corrected chi connectivity index (χ3v) is 3.57. The van der Waals surface area contributed by atoms with Crippen molar-refractivity contribution in [3.63, 3.8) is 0 Å². The zero-order chi connectivity index (χ0) is 10.3. The summed E-state index contributed by atoms with van der Waals surface area (Å²) in [6.07, 6.45) is 2.57. The molecule has 1 N–H and O–H groups in total. The number of rotatable bonds is 7. The molecule has 5 heteroatoms. The summed E-state index contributed by atoms with van der Waals surface area (Å²) in [5, 5.41) is 8.48. The van der Waals surface area contributed by atoms with E-state index in [1.807, 2.05) is 0 Å². The van der Waals surface area contributed by atoms with Gasteiger partial charge in [-0.3, -0.25) is 0 Å². The number of likely N-dealkylation sites (N-methyl/N-ethyl adjacent to an activating group) is 1. The van der Waals surface area contributed by atoms with Crippen molar-refractivity contribution in [2.75, 3.05) is 26.0 Å². The molecular weight excluding hydrogens is 190 g/mol. The van der Waals surface area contributed by atoms with E-state index in [9.17, 15) is 8.42 Å². The van der Waals surface area contributed by atoms with E-state index in [0.29, 0.717) is 19.4 Å². The summed E-state index contributed by atoms with van der Waals surface area (Å²) in [7, 11) is -1.62. The molecule has 0 aliphatic heterocycles. The highest BCUT2D eigenvalue weighted by Gasteiger charge is 2.15. The van der Waals surface area contributed by atoms with Gasteiger partial charge in [-0.15, -0.1) is 6.58 Å². The van der Waals surface area contributed by atoms with Crippen molar-refractivity contribution >= 4 is 10.0 Å². The van der Waals surface area contributed by atoms with E-state index in [1.165, 1.54) is 11.4 Å². The second-order valence-corrected chi connectivity index (χ2v) is 5.01. The molecule has 0 aliphatic rings. The molecule has 78 valence electrons. The Morgan fingerprint density at radius 1 is 1.46 bits per heavy atom. The molecule has 0 rings (SSSR count). The van der Waals surface area contributed by atoms with Crippen LogP contribution in [0.2, 0.25) is 0 Å². The van der Waals surface area contributed by atoms with Crippen molar-refractivity contribution in [3.05, 3.63) is 12.7 Å². The topological polar surface area (TPSA) is 57.6 Å². The predicted molar refractivity (Wildman–Crippen MR) is 52.9 cm³/mol. The summed E-state index contributed by atoms with van der Waals surface area (Å²) in [6.45, 7) is 3.84. The molecule has 0 amide bonds. The number of hydrogen-bond donors (Lipinski definition) is 1. The van der Waals surface area contributed by atoms with Crippen LogP contribution in [0.3, 0.4) is 0 Å². The Kier molecular flexibility index (Phi) is 5.94. The summed E-state index contributed by atoms with van der Waals surface area (Å²) in [5.41, 5.74) is 0. The van der Waals surface area contributed by atoms with Gasteiger partial charge in [0.05, 0.1) is 5.75 Å². The Hall–Kier alpha value is -0.390. The molecule has 4 nitrogen and oxygen atoms in total. The lowest BCUT2D eigenvalue weighted by Crippen LogP contribution is -2.29. The fourth-order valence-corrected chi connectivity index (χ4v) is 2.06. The van der Waals surface area contributed by atoms with Crippen molar-refractivity contribution in [2.24, 2.45) is 0 Å². The van der Waals surface area contributed by atoms with Gasteiger partial charge in [-0.2, -0.15) is 0 Å². The van der Waals surface area contributed by atoms with Crippen molar-refractivity contribution in [1.29, 1.82) is 0 Å². The van der Waals surface area contributed by atoms with E-state index in [1.54, 1.807) is 6.08 Å². The summed E-state index contributed by atoms with van der Waals surface area (Å²) >= 11 is 0. The SMILES string of the molecule is C=CCN(C)S(=O)(=O)CCCCO. The maximum Gasteiger partial charge on any atom is 0.214 e. The molecular formula is C8H17NO3S. The van der Waals surface area contributed by atoms with Crippen LogP contribution in [0.15, 0.2) is 12.7 Å². The van der Waals surface area contributed by atoms with E-state index in [4.69, 9.17) is 5.11 Å². The maximum absolute atomic E-state index is 11.4. The van der Waals surface area contributed by atoms with Gasteiger partial charge in [0, 0.05) is 20.2 Å². The number of hydrogen-bond acceptors (Lipinski definition) is 3. The third kappa shape index (κ3) is 5.02. The first-order valence-corrected chi connectivity index (χ1v) is 5.81. The Morgan fingerprint density at radius 2 is 2.08 bits per heavy atom. The minimum atomic E-state index is -3.14. The zero-order valence-electron chi connectivity index (χ0n) is 7.94. The highest BCUT2D eigenvalue weighted by Crippen LogP contribution is 2.01. The molecule has 0 aromatic heterocycles. The molecule has 0 spiro atoms. The lowest BCUT2D eigenvalue weighted by Gasteiger charge is -2.14. The molecule has 0 unspecified atom stereocenters. The average Bonchev–Trinajstić information content (AvgIpc) is 2.05. The molecule has 0 saturated carbocycles. The van der Waals surface area contributed by atoms with Gasteiger partial charge in [-0.05, 0) is 12.8 Å². The van der Waals surface area contributed by atoms with E-state index >= 15 is 0 Å². The Bertz CT molecular complexity index is 236. The first-order valence-electron chi connectivity index (χ1n) is 4.20. The van der Waals surface area contributed by atoms with E-state index in [0.717, 1.165) is 0 Å². The largest absolute Gasteiger partial charge is 0.396 e. The molecule has 0 radical (unpaired) electrons. The van der Waals surface area contributed by atoms with Gasteiger partial charge in [0.1, 0.15) is 0 Å². The number of nitrogens with zero attached hydrogens (tertiary/aromatic N) is 1. The van der Waals surface area contributed by atoms with Crippen LogP contribution in [0.5, 0.6) is 0 Å². The van der Waals surface area contributed by atoms with Crippen LogP contribution in [-0.4, -0.2) is 43.8 Å². The van der Waals surface area contributed by atoms with Gasteiger partial charge in [0.2, 0.25) is 10.0 Å². The number of aliphatic hydroxyl groups is 1. The van der Waals surface area contributed by atoms with Crippen molar-refractivity contribution in [1.82, 2.24) is 4.31 Å². The summed E-state index contributed by atoms with van der Waals surface area (Å²) in [5.74, 6) is 0.0951. The molecule has 0 bridgehead atoms. The van der Waals surface area contributed by atoms with Gasteiger partial charge in [-0.25, -0.2) is 12.7 Å². The normalized spacial score (nSPS) is 11.9. The molecule has 13 heavy (non-hydrogen) atoms. The number of aliphatic hydroxyl groups excluding tert-OH is 1. The zero-order valence-corrected chi connectivity index (χ0v) is 8.76. The van der Waals surface area contributed by atoms with Gasteiger partial charge in [-0.1, -0.05) is 6.08 Å². The summed E-state index contributed by atoms with van der Waals surface area (Å²) in [6, 6.07) is 0. The van der Waals surface area contributed by atoms with Crippen LogP contribution in [0.1, 0.15) is 12.8 Å². The van der Waals surface area contributed by atoms with Crippen molar-refractivity contribution in [3.8, 4) is 0 Å². The molecule has 0 saturated heterocycles. The molecule has 0 atom stereocenters. The fraction of sp³-hybridized carbons (Fsp3) is 0.750. The van der Waals surface area contributed by atoms with Gasteiger partial charge in [0.25, 0.3) is 0 Å². The van der Waals surface area contributed by atoms with Crippen LogP contribution in [0.25, 0.3) is 0 Å². The molecule has 0 aromatic carbocycles. The van der Waals surface area contributed by atoms with Crippen LogP contribution < -0.4 is 0 Å². The minimum Gasteiger partial charge on any atom is -0.396 e. The fourth-order valence-electron chi connectivity index (χ4n) is 0.847. The molecule has 0 aliphatic carbocycles. The standard InChI is InChI=1S/C8H17NO3S/c1-3-6-9(2)13(11,12)8-5-4-7-10/h3,10H,1,4-8H2,2H3. The lowest BCUT2D eigenvalue weighted by atomic mass is 10.4. The average molecular weight is 207 g/mol. The quantitative estimate of drug-likeness (QED) is 0.479. The van der Waals surface area contributed by atoms with E-state index in [2.05, 4.69) is 6.58 Å². The second kappa shape index (κ2) is 6.12. The van der Waals surface area contributed by atoms with Crippen LogP contribution in [0.4, 0.5) is 0 Å². The second-order valence-electron chi connectivity index (χ2n) is 2.82. The third-order valence-electron chi connectivity index (χ3n) is 1.67. The lowest BCUT2D eigenvalue weighted by molar-refractivity contribution is 0.287. The molecule has 0 aromatic rings. The first kappa shape index (κ1) is 12.6. The van der Waals surface area contributed by atoms with Gasteiger partial charge < -0.3 is 5.11 Å². The van der Waals surface area contributed by atoms with Gasteiger partial charge in [0.15, 0.2) is 0 Å². The van der Waals surface area contributed by atoms with Crippen LogP contribution in [-0.2, 0) is 10.0 Å². The smallest absolute Gasteiger partial charge is 0.214 e. The van der Waals surface area contributed by atoms with E-state index in [-0.39, 0.29) is 12.4 Å². The number of sulfonamides is 1. The van der Waals surface area contributed by atoms with Crippen LogP contribution in [0, 0.1) is 0 Å². The monoisotopic (exact) mass is 207 g/mol. The van der Waals surface area contributed by atoms with E-state index < -0.39 is 10.0 Å². The summed E-state index contributed by atoms with van der Waals surface area (Å²) in [4.78, 5) is 0. The highest BCUT2D eigenvalue weighted by molar-refractivity contribution is 7.89. The molecule has 0 fully saturated rings. The Morgan fingerprint density at radius 3 is 2.54 bits per heavy atom. The molecule has 0 heterocycles. The number of unbranched alkanes of at least 4 members (excludes halogenated alkanes) is 1. The van der Waals surface area contributed by atoms with Gasteiger partial charge >= 0.3 is 0 Å². The first-order chi connectivity index (χ1) is 6.04. The minimum absolute atomic E-state index is 0.0424. The van der Waals surface area contributed by atoms with Crippen molar-refractivity contribution in [2.45, 2.75) is 12.8 Å².